The number of hydrogen-bond donors (Lipinski definition) is 0. The van der Waals surface area contributed by atoms with Gasteiger partial charge in [-0.15, -0.1) is 0 Å². The molecular formula is C39H23N3O. The smallest absolute Gasteiger partial charge is 0.277 e. The van der Waals surface area contributed by atoms with Crippen LogP contribution >= 0.6 is 0 Å². The summed E-state index contributed by atoms with van der Waals surface area (Å²) < 4.78 is 2.03. The molecule has 9 aromatic rings. The molecule has 0 aliphatic heterocycles. The quantitative estimate of drug-likeness (QED) is 0.202. The molecule has 4 heteroatoms. The van der Waals surface area contributed by atoms with E-state index in [1.165, 1.54) is 32.3 Å². The molecule has 7 aromatic carbocycles. The van der Waals surface area contributed by atoms with Gasteiger partial charge in [-0.1, -0.05) is 103 Å². The third-order valence-corrected chi connectivity index (χ3v) is 8.58. The SMILES string of the molecule is O=c1nc2c3ccccc3nc(-c3cccc(-c4ccc5c6ccccc6c6ccccc6c5c4)c3)n2c2ccccc12. The molecule has 4 nitrogen and oxygen atoms in total. The zero-order valence-electron chi connectivity index (χ0n) is 23.0. The van der Waals surface area contributed by atoms with Gasteiger partial charge in [0.05, 0.1) is 16.4 Å². The molecule has 0 N–H and O–H groups in total. The summed E-state index contributed by atoms with van der Waals surface area (Å²) in [6, 6.07) is 48.1. The van der Waals surface area contributed by atoms with Crippen LogP contribution in [0.15, 0.2) is 144 Å². The van der Waals surface area contributed by atoms with Gasteiger partial charge in [0.25, 0.3) is 5.56 Å². The standard InChI is InChI=1S/C39H23N3O/c43-39-33-17-6-8-19-36(33)42-37(40-35-18-7-5-16-32(35)38(42)41-39)26-11-9-10-24(22-26)25-20-21-31-29-14-2-1-12-27(29)28-13-3-4-15-30(28)34(31)23-25/h1-23H. The van der Waals surface area contributed by atoms with Crippen LogP contribution in [0.1, 0.15) is 0 Å². The van der Waals surface area contributed by atoms with Gasteiger partial charge in [0.1, 0.15) is 5.82 Å². The molecule has 0 atom stereocenters. The van der Waals surface area contributed by atoms with Gasteiger partial charge in [-0.05, 0) is 79.8 Å². The molecular weight excluding hydrogens is 526 g/mol. The number of rotatable bonds is 2. The lowest BCUT2D eigenvalue weighted by Gasteiger charge is -2.15. The Morgan fingerprint density at radius 1 is 0.419 bits per heavy atom. The molecule has 0 spiro atoms. The summed E-state index contributed by atoms with van der Waals surface area (Å²) in [6.45, 7) is 0. The Hall–Kier alpha value is -5.87. The van der Waals surface area contributed by atoms with Crippen molar-refractivity contribution in [2.24, 2.45) is 0 Å². The first-order chi connectivity index (χ1) is 21.2. The fourth-order valence-electron chi connectivity index (χ4n) is 6.61. The van der Waals surface area contributed by atoms with Crippen LogP contribution in [-0.2, 0) is 0 Å². The third-order valence-electron chi connectivity index (χ3n) is 8.58. The van der Waals surface area contributed by atoms with E-state index in [9.17, 15) is 4.79 Å². The second-order valence-corrected chi connectivity index (χ2v) is 11.0. The summed E-state index contributed by atoms with van der Waals surface area (Å²) in [7, 11) is 0. The lowest BCUT2D eigenvalue weighted by Crippen LogP contribution is -2.13. The molecule has 43 heavy (non-hydrogen) atoms. The van der Waals surface area contributed by atoms with Crippen molar-refractivity contribution in [2.45, 2.75) is 0 Å². The van der Waals surface area contributed by atoms with Crippen molar-refractivity contribution >= 4 is 59.8 Å². The Morgan fingerprint density at radius 2 is 0.977 bits per heavy atom. The van der Waals surface area contributed by atoms with Crippen LogP contribution in [0.25, 0.3) is 82.3 Å². The minimum atomic E-state index is -0.234. The van der Waals surface area contributed by atoms with Gasteiger partial charge in [0.2, 0.25) is 0 Å². The largest absolute Gasteiger partial charge is 0.281 e. The van der Waals surface area contributed by atoms with Gasteiger partial charge in [-0.25, -0.2) is 4.98 Å². The van der Waals surface area contributed by atoms with Crippen molar-refractivity contribution in [3.63, 3.8) is 0 Å². The monoisotopic (exact) mass is 549 g/mol. The lowest BCUT2D eigenvalue weighted by molar-refractivity contribution is 1.10. The van der Waals surface area contributed by atoms with E-state index in [4.69, 9.17) is 4.98 Å². The second-order valence-electron chi connectivity index (χ2n) is 11.0. The maximum atomic E-state index is 13.1. The normalized spacial score (nSPS) is 11.8. The average Bonchev–Trinajstić information content (AvgIpc) is 3.08. The summed E-state index contributed by atoms with van der Waals surface area (Å²) in [6.07, 6.45) is 0. The van der Waals surface area contributed by atoms with E-state index >= 15 is 0 Å². The van der Waals surface area contributed by atoms with E-state index in [0.29, 0.717) is 11.0 Å². The zero-order valence-corrected chi connectivity index (χ0v) is 23.0. The topological polar surface area (TPSA) is 47.3 Å². The van der Waals surface area contributed by atoms with Crippen LogP contribution in [0.2, 0.25) is 0 Å². The van der Waals surface area contributed by atoms with Crippen molar-refractivity contribution in [1.82, 2.24) is 14.4 Å². The van der Waals surface area contributed by atoms with E-state index in [1.807, 2.05) is 52.9 Å². The Labute approximate surface area is 246 Å². The van der Waals surface area contributed by atoms with E-state index in [1.54, 1.807) is 0 Å². The van der Waals surface area contributed by atoms with Crippen molar-refractivity contribution in [3.05, 3.63) is 150 Å². The van der Waals surface area contributed by atoms with Crippen molar-refractivity contribution in [1.29, 1.82) is 0 Å². The van der Waals surface area contributed by atoms with Gasteiger partial charge < -0.3 is 0 Å². The van der Waals surface area contributed by atoms with E-state index in [-0.39, 0.29) is 5.56 Å². The molecule has 0 aliphatic rings. The molecule has 0 saturated heterocycles. The molecule has 0 bridgehead atoms. The van der Waals surface area contributed by atoms with Crippen LogP contribution < -0.4 is 5.56 Å². The number of para-hydroxylation sites is 2. The van der Waals surface area contributed by atoms with Crippen molar-refractivity contribution in [2.75, 3.05) is 0 Å². The van der Waals surface area contributed by atoms with Gasteiger partial charge in [0.15, 0.2) is 5.65 Å². The molecule has 0 aliphatic carbocycles. The number of hydrogen-bond acceptors (Lipinski definition) is 3. The fraction of sp³-hybridized carbons (Fsp3) is 0. The first-order valence-electron chi connectivity index (χ1n) is 14.4. The Kier molecular flexibility index (Phi) is 5.02. The number of benzene rings is 7. The second kappa shape index (κ2) is 9.07. The summed E-state index contributed by atoms with van der Waals surface area (Å²) >= 11 is 0. The maximum Gasteiger partial charge on any atom is 0.281 e. The van der Waals surface area contributed by atoms with Gasteiger partial charge in [0, 0.05) is 10.9 Å². The average molecular weight is 550 g/mol. The van der Waals surface area contributed by atoms with Crippen molar-refractivity contribution in [3.8, 4) is 22.5 Å². The highest BCUT2D eigenvalue weighted by Crippen LogP contribution is 2.38. The zero-order chi connectivity index (χ0) is 28.5. The Morgan fingerprint density at radius 3 is 1.72 bits per heavy atom. The molecule has 0 unspecified atom stereocenters. The highest BCUT2D eigenvalue weighted by Gasteiger charge is 2.16. The summed E-state index contributed by atoms with van der Waals surface area (Å²) in [5.41, 5.74) is 5.15. The van der Waals surface area contributed by atoms with Crippen molar-refractivity contribution < 1.29 is 0 Å². The molecule has 2 aromatic heterocycles. The number of nitrogens with zero attached hydrogens (tertiary/aromatic N) is 3. The molecule has 0 amide bonds. The highest BCUT2D eigenvalue weighted by atomic mass is 16.1. The highest BCUT2D eigenvalue weighted by molar-refractivity contribution is 6.25. The molecule has 0 saturated carbocycles. The number of fused-ring (bicyclic) bond motifs is 11. The Bertz CT molecular complexity index is 2620. The lowest BCUT2D eigenvalue weighted by atomic mass is 9.92. The summed E-state index contributed by atoms with van der Waals surface area (Å²) in [4.78, 5) is 22.7. The Balaban J connectivity index is 1.32. The predicted octanol–water partition coefficient (Wildman–Crippen LogP) is 9.19. The van der Waals surface area contributed by atoms with Crippen LogP contribution in [0.4, 0.5) is 0 Å². The minimum absolute atomic E-state index is 0.234. The van der Waals surface area contributed by atoms with Crippen LogP contribution in [0.3, 0.4) is 0 Å². The predicted molar refractivity (Wildman–Crippen MR) is 178 cm³/mol. The van der Waals surface area contributed by atoms with Crippen LogP contribution in [0, 0.1) is 0 Å². The number of aromatic nitrogens is 3. The minimum Gasteiger partial charge on any atom is -0.277 e. The third kappa shape index (κ3) is 3.53. The fourth-order valence-corrected chi connectivity index (χ4v) is 6.61. The van der Waals surface area contributed by atoms with E-state index < -0.39 is 0 Å². The van der Waals surface area contributed by atoms with Gasteiger partial charge in [-0.3, -0.25) is 9.20 Å². The molecule has 9 rings (SSSR count). The molecule has 0 fully saturated rings. The van der Waals surface area contributed by atoms with Crippen LogP contribution in [-0.4, -0.2) is 14.4 Å². The van der Waals surface area contributed by atoms with Gasteiger partial charge >= 0.3 is 0 Å². The molecule has 2 heterocycles. The first kappa shape index (κ1) is 23.8. The molecule has 200 valence electrons. The molecule has 0 radical (unpaired) electrons. The summed E-state index contributed by atoms with van der Waals surface area (Å²) in [5.74, 6) is 0.747. The van der Waals surface area contributed by atoms with E-state index in [0.717, 1.165) is 38.9 Å². The first-order valence-corrected chi connectivity index (χ1v) is 14.4. The summed E-state index contributed by atoms with van der Waals surface area (Å²) in [5, 5.41) is 8.94. The van der Waals surface area contributed by atoms with Crippen LogP contribution in [0.5, 0.6) is 0 Å². The van der Waals surface area contributed by atoms with Gasteiger partial charge in [-0.2, -0.15) is 4.98 Å². The van der Waals surface area contributed by atoms with E-state index in [2.05, 4.69) is 96.0 Å². The maximum absolute atomic E-state index is 13.1.